The van der Waals surface area contributed by atoms with E-state index in [0.29, 0.717) is 37.4 Å². The van der Waals surface area contributed by atoms with Crippen molar-refractivity contribution in [2.75, 3.05) is 26.2 Å². The molecule has 0 atom stereocenters. The van der Waals surface area contributed by atoms with Crippen LogP contribution in [0.2, 0.25) is 0 Å². The van der Waals surface area contributed by atoms with Crippen molar-refractivity contribution in [3.05, 3.63) is 72.2 Å². The van der Waals surface area contributed by atoms with Gasteiger partial charge in [-0.3, -0.25) is 9.59 Å². The van der Waals surface area contributed by atoms with Gasteiger partial charge in [0.15, 0.2) is 0 Å². The number of hydrogen-bond acceptors (Lipinski definition) is 3. The average molecular weight is 334 g/mol. The zero-order valence-electron chi connectivity index (χ0n) is 13.7. The summed E-state index contributed by atoms with van der Waals surface area (Å²) in [6, 6.07) is 14.9. The maximum Gasteiger partial charge on any atom is 0.274 e. The Balaban J connectivity index is 1.43. The zero-order chi connectivity index (χ0) is 17.2. The van der Waals surface area contributed by atoms with Crippen LogP contribution < -0.4 is 0 Å². The number of piperazine rings is 1. The van der Waals surface area contributed by atoms with Crippen LogP contribution >= 0.6 is 0 Å². The highest BCUT2D eigenvalue weighted by Crippen LogP contribution is 2.12. The Morgan fingerprint density at radius 1 is 0.800 bits per heavy atom. The highest BCUT2D eigenvalue weighted by Gasteiger charge is 2.26. The number of nitrogens with zero attached hydrogens (tertiary/aromatic N) is 4. The Hall–Kier alpha value is -3.15. The van der Waals surface area contributed by atoms with E-state index in [1.807, 2.05) is 59.1 Å². The van der Waals surface area contributed by atoms with Gasteiger partial charge in [-0.05, 0) is 24.3 Å². The predicted molar refractivity (Wildman–Crippen MR) is 93.4 cm³/mol. The number of carbonyl (C=O) groups excluding carboxylic acids is 2. The Kier molecular flexibility index (Phi) is 3.93. The molecule has 3 aromatic rings. The summed E-state index contributed by atoms with van der Waals surface area (Å²) in [5.74, 6) is -0.0732. The molecule has 3 heterocycles. The lowest BCUT2D eigenvalue weighted by Gasteiger charge is -2.34. The first-order valence-corrected chi connectivity index (χ1v) is 8.30. The van der Waals surface area contributed by atoms with Gasteiger partial charge in [-0.1, -0.05) is 24.3 Å². The Morgan fingerprint density at radius 2 is 1.44 bits per heavy atom. The highest BCUT2D eigenvalue weighted by atomic mass is 16.2. The third-order valence-corrected chi connectivity index (χ3v) is 4.46. The van der Waals surface area contributed by atoms with Gasteiger partial charge in [0.1, 0.15) is 11.3 Å². The Bertz CT molecular complexity index is 878. The van der Waals surface area contributed by atoms with Crippen LogP contribution in [0.25, 0.3) is 5.65 Å². The zero-order valence-corrected chi connectivity index (χ0v) is 13.7. The maximum absolute atomic E-state index is 12.7. The summed E-state index contributed by atoms with van der Waals surface area (Å²) < 4.78 is 1.84. The molecule has 0 N–H and O–H groups in total. The van der Waals surface area contributed by atoms with Crippen molar-refractivity contribution in [3.63, 3.8) is 0 Å². The fourth-order valence-corrected chi connectivity index (χ4v) is 3.08. The van der Waals surface area contributed by atoms with Crippen molar-refractivity contribution in [3.8, 4) is 0 Å². The van der Waals surface area contributed by atoms with Crippen LogP contribution in [-0.4, -0.2) is 57.2 Å². The molecule has 2 aromatic heterocycles. The van der Waals surface area contributed by atoms with Gasteiger partial charge >= 0.3 is 0 Å². The van der Waals surface area contributed by atoms with E-state index in [2.05, 4.69) is 4.98 Å². The monoisotopic (exact) mass is 334 g/mol. The normalized spacial score (nSPS) is 14.7. The molecule has 6 heteroatoms. The van der Waals surface area contributed by atoms with Crippen molar-refractivity contribution in [1.29, 1.82) is 0 Å². The van der Waals surface area contributed by atoms with E-state index in [-0.39, 0.29) is 11.8 Å². The molecule has 0 aliphatic carbocycles. The molecule has 1 aliphatic rings. The van der Waals surface area contributed by atoms with Crippen LogP contribution in [0.1, 0.15) is 20.8 Å². The quantitative estimate of drug-likeness (QED) is 0.719. The van der Waals surface area contributed by atoms with Gasteiger partial charge in [0.25, 0.3) is 11.8 Å². The lowest BCUT2D eigenvalue weighted by Crippen LogP contribution is -2.50. The average Bonchev–Trinajstić information content (AvgIpc) is 3.12. The molecule has 6 nitrogen and oxygen atoms in total. The molecule has 126 valence electrons. The third kappa shape index (κ3) is 2.98. The Morgan fingerprint density at radius 3 is 2.12 bits per heavy atom. The van der Waals surface area contributed by atoms with Crippen molar-refractivity contribution < 1.29 is 9.59 Å². The van der Waals surface area contributed by atoms with Crippen LogP contribution in [-0.2, 0) is 0 Å². The van der Waals surface area contributed by atoms with E-state index in [4.69, 9.17) is 0 Å². The SMILES string of the molecule is O=C(c1ccccc1)N1CCN(C(=O)c2cn3ccccc3n2)CC1. The maximum atomic E-state index is 12.7. The third-order valence-electron chi connectivity index (χ3n) is 4.46. The second kappa shape index (κ2) is 6.39. The van der Waals surface area contributed by atoms with Crippen molar-refractivity contribution in [2.24, 2.45) is 0 Å². The first kappa shape index (κ1) is 15.4. The van der Waals surface area contributed by atoms with E-state index >= 15 is 0 Å². The number of aromatic nitrogens is 2. The van der Waals surface area contributed by atoms with Crippen LogP contribution in [0.15, 0.2) is 60.9 Å². The van der Waals surface area contributed by atoms with Gasteiger partial charge in [0, 0.05) is 44.1 Å². The molecule has 1 fully saturated rings. The molecule has 2 amide bonds. The van der Waals surface area contributed by atoms with Gasteiger partial charge < -0.3 is 14.2 Å². The van der Waals surface area contributed by atoms with E-state index in [1.165, 1.54) is 0 Å². The van der Waals surface area contributed by atoms with E-state index in [9.17, 15) is 9.59 Å². The standard InChI is InChI=1S/C19H18N4O2/c24-18(15-6-2-1-3-7-15)21-10-12-22(13-11-21)19(25)16-14-23-9-5-4-8-17(23)20-16/h1-9,14H,10-13H2. The topological polar surface area (TPSA) is 57.9 Å². The summed E-state index contributed by atoms with van der Waals surface area (Å²) in [6.07, 6.45) is 3.62. The van der Waals surface area contributed by atoms with E-state index in [0.717, 1.165) is 5.65 Å². The van der Waals surface area contributed by atoms with Gasteiger partial charge in [-0.2, -0.15) is 0 Å². The van der Waals surface area contributed by atoms with Gasteiger partial charge in [-0.15, -0.1) is 0 Å². The number of carbonyl (C=O) groups is 2. The summed E-state index contributed by atoms with van der Waals surface area (Å²) in [5.41, 5.74) is 1.88. The van der Waals surface area contributed by atoms with Gasteiger partial charge in [0.2, 0.25) is 0 Å². The van der Waals surface area contributed by atoms with Crippen LogP contribution in [0.3, 0.4) is 0 Å². The lowest BCUT2D eigenvalue weighted by molar-refractivity contribution is 0.0532. The lowest BCUT2D eigenvalue weighted by atomic mass is 10.2. The molecule has 0 radical (unpaired) electrons. The van der Waals surface area contributed by atoms with Crippen molar-refractivity contribution in [2.45, 2.75) is 0 Å². The molecule has 1 aromatic carbocycles. The molecule has 0 saturated carbocycles. The number of rotatable bonds is 2. The minimum absolute atomic E-state index is 0.0143. The molecule has 0 bridgehead atoms. The van der Waals surface area contributed by atoms with E-state index < -0.39 is 0 Å². The Labute approximate surface area is 145 Å². The summed E-state index contributed by atoms with van der Waals surface area (Å²) in [4.78, 5) is 33.1. The summed E-state index contributed by atoms with van der Waals surface area (Å²) in [6.45, 7) is 2.11. The molecule has 1 aliphatic heterocycles. The minimum atomic E-state index is -0.0875. The second-order valence-electron chi connectivity index (χ2n) is 6.04. The fraction of sp³-hybridized carbons (Fsp3) is 0.211. The number of hydrogen-bond donors (Lipinski definition) is 0. The number of imidazole rings is 1. The summed E-state index contributed by atoms with van der Waals surface area (Å²) in [5, 5.41) is 0. The molecule has 0 unspecified atom stereocenters. The van der Waals surface area contributed by atoms with Crippen molar-refractivity contribution >= 4 is 17.5 Å². The number of pyridine rings is 1. The second-order valence-corrected chi connectivity index (χ2v) is 6.04. The molecular weight excluding hydrogens is 316 g/mol. The van der Waals surface area contributed by atoms with Gasteiger partial charge in [0.05, 0.1) is 0 Å². The van der Waals surface area contributed by atoms with Crippen LogP contribution in [0.5, 0.6) is 0 Å². The number of fused-ring (bicyclic) bond motifs is 1. The van der Waals surface area contributed by atoms with Crippen LogP contribution in [0, 0.1) is 0 Å². The molecule has 25 heavy (non-hydrogen) atoms. The molecular formula is C19H18N4O2. The minimum Gasteiger partial charge on any atom is -0.335 e. The smallest absolute Gasteiger partial charge is 0.274 e. The van der Waals surface area contributed by atoms with Crippen LogP contribution in [0.4, 0.5) is 0 Å². The first-order chi connectivity index (χ1) is 12.2. The van der Waals surface area contributed by atoms with Gasteiger partial charge in [-0.25, -0.2) is 4.98 Å². The van der Waals surface area contributed by atoms with Crippen molar-refractivity contribution in [1.82, 2.24) is 19.2 Å². The van der Waals surface area contributed by atoms with E-state index in [1.54, 1.807) is 16.0 Å². The number of amides is 2. The molecule has 0 spiro atoms. The predicted octanol–water partition coefficient (Wildman–Crippen LogP) is 1.93. The number of benzene rings is 1. The summed E-state index contributed by atoms with van der Waals surface area (Å²) in [7, 11) is 0. The summed E-state index contributed by atoms with van der Waals surface area (Å²) >= 11 is 0. The molecule has 1 saturated heterocycles. The highest BCUT2D eigenvalue weighted by molar-refractivity contribution is 5.95. The molecule has 4 rings (SSSR count). The first-order valence-electron chi connectivity index (χ1n) is 8.30. The largest absolute Gasteiger partial charge is 0.335 e. The fourth-order valence-electron chi connectivity index (χ4n) is 3.08.